The first-order chi connectivity index (χ1) is 9.10. The van der Waals surface area contributed by atoms with E-state index in [4.69, 9.17) is 4.74 Å². The summed E-state index contributed by atoms with van der Waals surface area (Å²) >= 11 is 0. The van der Waals surface area contributed by atoms with Gasteiger partial charge in [0.05, 0.1) is 18.1 Å². The van der Waals surface area contributed by atoms with Gasteiger partial charge in [0, 0.05) is 18.7 Å². The first-order valence-corrected chi connectivity index (χ1v) is 6.66. The lowest BCUT2D eigenvalue weighted by Gasteiger charge is -2.32. The lowest BCUT2D eigenvalue weighted by molar-refractivity contribution is -0.385. The fraction of sp³-hybridized carbons (Fsp3) is 0.571. The Labute approximate surface area is 113 Å². The number of benzene rings is 1. The van der Waals surface area contributed by atoms with Crippen molar-refractivity contribution in [1.29, 1.82) is 0 Å². The van der Waals surface area contributed by atoms with Crippen LogP contribution in [0.25, 0.3) is 0 Å². The second kappa shape index (κ2) is 6.02. The molecule has 2 rings (SSSR count). The van der Waals surface area contributed by atoms with E-state index in [1.165, 1.54) is 32.4 Å². The third kappa shape index (κ3) is 3.44. The van der Waals surface area contributed by atoms with Crippen LogP contribution in [0, 0.1) is 16.0 Å². The molecule has 5 nitrogen and oxygen atoms in total. The molecule has 0 bridgehead atoms. The minimum atomic E-state index is -0.388. The number of nitro benzene ring substituents is 1. The lowest BCUT2D eigenvalue weighted by Crippen LogP contribution is -2.36. The SMILES string of the molecule is COc1cc(CNC(C)C2CCC2)cc([N+](=O)[O-])c1. The molecule has 0 saturated heterocycles. The van der Waals surface area contributed by atoms with Crippen molar-refractivity contribution < 1.29 is 9.66 Å². The zero-order valence-electron chi connectivity index (χ0n) is 11.4. The molecule has 19 heavy (non-hydrogen) atoms. The molecule has 0 radical (unpaired) electrons. The van der Waals surface area contributed by atoms with Crippen LogP contribution in [0.3, 0.4) is 0 Å². The molecule has 104 valence electrons. The fourth-order valence-electron chi connectivity index (χ4n) is 2.35. The topological polar surface area (TPSA) is 64.4 Å². The maximum Gasteiger partial charge on any atom is 0.273 e. The van der Waals surface area contributed by atoms with E-state index >= 15 is 0 Å². The van der Waals surface area contributed by atoms with E-state index in [2.05, 4.69) is 12.2 Å². The maximum atomic E-state index is 10.9. The summed E-state index contributed by atoms with van der Waals surface area (Å²) in [6.45, 7) is 2.81. The minimum Gasteiger partial charge on any atom is -0.496 e. The van der Waals surface area contributed by atoms with Crippen molar-refractivity contribution in [3.05, 3.63) is 33.9 Å². The molecule has 5 heteroatoms. The first-order valence-electron chi connectivity index (χ1n) is 6.66. The Morgan fingerprint density at radius 3 is 2.74 bits per heavy atom. The Kier molecular flexibility index (Phi) is 4.37. The van der Waals surface area contributed by atoms with E-state index in [1.807, 2.05) is 6.07 Å². The molecular formula is C14H20N2O3. The number of rotatable bonds is 6. The summed E-state index contributed by atoms with van der Waals surface area (Å²) in [7, 11) is 1.52. The fourth-order valence-corrected chi connectivity index (χ4v) is 2.35. The molecule has 1 saturated carbocycles. The second-order valence-electron chi connectivity index (χ2n) is 5.16. The molecule has 1 fully saturated rings. The third-order valence-corrected chi connectivity index (χ3v) is 3.88. The summed E-state index contributed by atoms with van der Waals surface area (Å²) in [5.41, 5.74) is 0.963. The molecule has 1 aliphatic carbocycles. The van der Waals surface area contributed by atoms with E-state index in [-0.39, 0.29) is 10.6 Å². The molecule has 1 aromatic carbocycles. The van der Waals surface area contributed by atoms with Crippen molar-refractivity contribution in [3.8, 4) is 5.75 Å². The van der Waals surface area contributed by atoms with E-state index in [9.17, 15) is 10.1 Å². The maximum absolute atomic E-state index is 10.9. The summed E-state index contributed by atoms with van der Waals surface area (Å²) < 4.78 is 5.10. The Bertz CT molecular complexity index is 458. The van der Waals surface area contributed by atoms with Crippen molar-refractivity contribution in [3.63, 3.8) is 0 Å². The molecule has 0 amide bonds. The van der Waals surface area contributed by atoms with Gasteiger partial charge in [0.15, 0.2) is 0 Å². The van der Waals surface area contributed by atoms with Crippen LogP contribution in [-0.4, -0.2) is 18.1 Å². The lowest BCUT2D eigenvalue weighted by atomic mass is 9.80. The van der Waals surface area contributed by atoms with E-state index < -0.39 is 0 Å². The van der Waals surface area contributed by atoms with Gasteiger partial charge in [-0.05, 0) is 37.3 Å². The monoisotopic (exact) mass is 264 g/mol. The van der Waals surface area contributed by atoms with Gasteiger partial charge in [-0.15, -0.1) is 0 Å². The third-order valence-electron chi connectivity index (χ3n) is 3.88. The predicted octanol–water partition coefficient (Wildman–Crippen LogP) is 2.88. The van der Waals surface area contributed by atoms with Gasteiger partial charge in [0.25, 0.3) is 5.69 Å². The van der Waals surface area contributed by atoms with Gasteiger partial charge in [0.1, 0.15) is 5.75 Å². The number of nitrogens with one attached hydrogen (secondary N) is 1. The molecule has 1 aromatic rings. The number of nitro groups is 1. The minimum absolute atomic E-state index is 0.0763. The van der Waals surface area contributed by atoms with Crippen LogP contribution in [0.1, 0.15) is 31.7 Å². The van der Waals surface area contributed by atoms with E-state index in [0.717, 1.165) is 11.5 Å². The van der Waals surface area contributed by atoms with Gasteiger partial charge >= 0.3 is 0 Å². The largest absolute Gasteiger partial charge is 0.496 e. The van der Waals surface area contributed by atoms with Crippen LogP contribution < -0.4 is 10.1 Å². The molecule has 0 aliphatic heterocycles. The molecule has 1 unspecified atom stereocenters. The van der Waals surface area contributed by atoms with Crippen molar-refractivity contribution in [2.24, 2.45) is 5.92 Å². The summed E-state index contributed by atoms with van der Waals surface area (Å²) in [5.74, 6) is 1.28. The number of hydrogen-bond donors (Lipinski definition) is 1. The normalized spacial score (nSPS) is 16.7. The molecule has 0 spiro atoms. The van der Waals surface area contributed by atoms with Gasteiger partial charge in [-0.1, -0.05) is 6.42 Å². The molecule has 0 heterocycles. The Morgan fingerprint density at radius 2 is 2.21 bits per heavy atom. The first kappa shape index (κ1) is 13.8. The predicted molar refractivity (Wildman–Crippen MR) is 73.3 cm³/mol. The van der Waals surface area contributed by atoms with Gasteiger partial charge in [0.2, 0.25) is 0 Å². The number of non-ortho nitro benzene ring substituents is 1. The van der Waals surface area contributed by atoms with E-state index in [1.54, 1.807) is 6.07 Å². The average Bonchev–Trinajstić information content (AvgIpc) is 2.33. The standard InChI is InChI=1S/C14H20N2O3/c1-10(12-4-3-5-12)15-9-11-6-13(16(17)18)8-14(7-11)19-2/h6-8,10,12,15H,3-5,9H2,1-2H3. The average molecular weight is 264 g/mol. The van der Waals surface area contributed by atoms with E-state index in [0.29, 0.717) is 18.3 Å². The molecule has 1 atom stereocenters. The van der Waals surface area contributed by atoms with Gasteiger partial charge in [-0.3, -0.25) is 10.1 Å². The summed E-state index contributed by atoms with van der Waals surface area (Å²) in [6, 6.07) is 5.34. The highest BCUT2D eigenvalue weighted by Gasteiger charge is 2.23. The number of ether oxygens (including phenoxy) is 1. The molecule has 0 aromatic heterocycles. The van der Waals surface area contributed by atoms with Crippen LogP contribution in [0.2, 0.25) is 0 Å². The molecule has 1 N–H and O–H groups in total. The summed E-state index contributed by atoms with van der Waals surface area (Å²) in [5, 5.41) is 14.3. The van der Waals surface area contributed by atoms with Gasteiger partial charge < -0.3 is 10.1 Å². The zero-order valence-corrected chi connectivity index (χ0v) is 11.4. The van der Waals surface area contributed by atoms with Crippen LogP contribution in [-0.2, 0) is 6.54 Å². The van der Waals surface area contributed by atoms with Crippen LogP contribution in [0.15, 0.2) is 18.2 Å². The highest BCUT2D eigenvalue weighted by Crippen LogP contribution is 2.29. The highest BCUT2D eigenvalue weighted by atomic mass is 16.6. The van der Waals surface area contributed by atoms with Crippen LogP contribution in [0.5, 0.6) is 5.75 Å². The molecule has 1 aliphatic rings. The van der Waals surface area contributed by atoms with Crippen LogP contribution in [0.4, 0.5) is 5.69 Å². The number of nitrogens with zero attached hydrogens (tertiary/aromatic N) is 1. The van der Waals surface area contributed by atoms with Crippen molar-refractivity contribution in [2.75, 3.05) is 7.11 Å². The number of hydrogen-bond acceptors (Lipinski definition) is 4. The van der Waals surface area contributed by atoms with Crippen LogP contribution >= 0.6 is 0 Å². The van der Waals surface area contributed by atoms with Gasteiger partial charge in [-0.2, -0.15) is 0 Å². The van der Waals surface area contributed by atoms with Crippen molar-refractivity contribution in [2.45, 2.75) is 38.8 Å². The molecular weight excluding hydrogens is 244 g/mol. The highest BCUT2D eigenvalue weighted by molar-refractivity contribution is 5.42. The number of methoxy groups -OCH3 is 1. The second-order valence-corrected chi connectivity index (χ2v) is 5.16. The quantitative estimate of drug-likeness (QED) is 0.634. The van der Waals surface area contributed by atoms with Crippen molar-refractivity contribution >= 4 is 5.69 Å². The smallest absolute Gasteiger partial charge is 0.273 e. The Hall–Kier alpha value is -1.62. The summed E-state index contributed by atoms with van der Waals surface area (Å²) in [4.78, 5) is 10.5. The zero-order chi connectivity index (χ0) is 13.8. The Morgan fingerprint density at radius 1 is 1.47 bits per heavy atom. The van der Waals surface area contributed by atoms with Gasteiger partial charge in [-0.25, -0.2) is 0 Å². The summed E-state index contributed by atoms with van der Waals surface area (Å²) in [6.07, 6.45) is 3.89. The van der Waals surface area contributed by atoms with Crippen molar-refractivity contribution in [1.82, 2.24) is 5.32 Å². The Balaban J connectivity index is 2.01.